The molecule has 0 unspecified atom stereocenters. The lowest BCUT2D eigenvalue weighted by molar-refractivity contribution is -0.140. The number of methoxy groups -OCH3 is 1. The quantitative estimate of drug-likeness (QED) is 0.345. The molecule has 33 heavy (non-hydrogen) atoms. The van der Waals surface area contributed by atoms with Crippen LogP contribution in [0.2, 0.25) is 0 Å². The minimum absolute atomic E-state index is 0.110. The number of amides is 1. The molecule has 1 atom stereocenters. The van der Waals surface area contributed by atoms with Crippen LogP contribution in [0.1, 0.15) is 23.6 Å². The van der Waals surface area contributed by atoms with Crippen LogP contribution in [0, 0.1) is 0 Å². The standard InChI is InChI=1S/C25H27BrN2O5/c1-32-20-9-5-17(6-10-20)22-21(23(29)18-3-7-19(26)8-4-18)24(30)25(31)28(22)12-2-11-27-13-15-33-16-14-27/h3-10,22,29H,2,11-16H2,1H3/t22-/m0/s1. The highest BCUT2D eigenvalue weighted by atomic mass is 79.9. The van der Waals surface area contributed by atoms with Gasteiger partial charge in [-0.25, -0.2) is 0 Å². The Kier molecular flexibility index (Phi) is 7.47. The third-order valence-electron chi connectivity index (χ3n) is 6.07. The molecule has 2 saturated heterocycles. The maximum Gasteiger partial charge on any atom is 0.295 e. The first-order valence-corrected chi connectivity index (χ1v) is 11.8. The zero-order valence-corrected chi connectivity index (χ0v) is 20.1. The van der Waals surface area contributed by atoms with Crippen molar-refractivity contribution in [3.63, 3.8) is 0 Å². The highest BCUT2D eigenvalue weighted by Gasteiger charge is 2.45. The van der Waals surface area contributed by atoms with Gasteiger partial charge in [0.1, 0.15) is 11.5 Å². The van der Waals surface area contributed by atoms with Gasteiger partial charge in [-0.2, -0.15) is 0 Å². The van der Waals surface area contributed by atoms with Crippen LogP contribution in [0.5, 0.6) is 5.75 Å². The number of morpholine rings is 1. The fraction of sp³-hybridized carbons (Fsp3) is 0.360. The molecule has 0 saturated carbocycles. The first kappa shape index (κ1) is 23.5. The van der Waals surface area contributed by atoms with Gasteiger partial charge >= 0.3 is 0 Å². The van der Waals surface area contributed by atoms with Crippen LogP contribution >= 0.6 is 15.9 Å². The molecule has 0 bridgehead atoms. The van der Waals surface area contributed by atoms with E-state index in [1.807, 2.05) is 12.1 Å². The molecular formula is C25H27BrN2O5. The molecule has 2 aromatic rings. The Bertz CT molecular complexity index is 1030. The monoisotopic (exact) mass is 514 g/mol. The molecule has 7 nitrogen and oxygen atoms in total. The van der Waals surface area contributed by atoms with Gasteiger partial charge in [0.2, 0.25) is 0 Å². The van der Waals surface area contributed by atoms with Crippen LogP contribution < -0.4 is 4.74 Å². The lowest BCUT2D eigenvalue weighted by atomic mass is 9.95. The fourth-order valence-corrected chi connectivity index (χ4v) is 4.56. The van der Waals surface area contributed by atoms with Crippen LogP contribution in [0.15, 0.2) is 58.6 Å². The number of aliphatic hydroxyl groups excluding tert-OH is 1. The molecule has 0 radical (unpaired) electrons. The fourth-order valence-electron chi connectivity index (χ4n) is 4.30. The molecule has 8 heteroatoms. The molecule has 0 aliphatic carbocycles. The van der Waals surface area contributed by atoms with E-state index >= 15 is 0 Å². The zero-order chi connectivity index (χ0) is 23.4. The Balaban J connectivity index is 1.66. The summed E-state index contributed by atoms with van der Waals surface area (Å²) in [4.78, 5) is 30.0. The number of likely N-dealkylation sites (tertiary alicyclic amines) is 1. The van der Waals surface area contributed by atoms with Gasteiger partial charge in [-0.3, -0.25) is 14.5 Å². The van der Waals surface area contributed by atoms with Gasteiger partial charge in [0.15, 0.2) is 0 Å². The molecule has 0 aromatic heterocycles. The summed E-state index contributed by atoms with van der Waals surface area (Å²) in [6, 6.07) is 13.6. The minimum atomic E-state index is -0.664. The number of carbonyl (C=O) groups is 2. The van der Waals surface area contributed by atoms with Gasteiger partial charge in [-0.15, -0.1) is 0 Å². The second-order valence-corrected chi connectivity index (χ2v) is 9.00. The number of aliphatic hydroxyl groups is 1. The van der Waals surface area contributed by atoms with E-state index in [2.05, 4.69) is 20.8 Å². The molecule has 4 rings (SSSR count). The third kappa shape index (κ3) is 5.13. The van der Waals surface area contributed by atoms with Crippen molar-refractivity contribution in [2.45, 2.75) is 12.5 Å². The Morgan fingerprint density at radius 1 is 1.06 bits per heavy atom. The predicted molar refractivity (Wildman–Crippen MR) is 128 cm³/mol. The number of hydrogen-bond acceptors (Lipinski definition) is 6. The summed E-state index contributed by atoms with van der Waals surface area (Å²) >= 11 is 3.38. The van der Waals surface area contributed by atoms with E-state index < -0.39 is 17.7 Å². The number of nitrogens with zero attached hydrogens (tertiary/aromatic N) is 2. The highest BCUT2D eigenvalue weighted by molar-refractivity contribution is 9.10. The van der Waals surface area contributed by atoms with Crippen molar-refractivity contribution in [1.29, 1.82) is 0 Å². The maximum absolute atomic E-state index is 13.1. The summed E-state index contributed by atoms with van der Waals surface area (Å²) in [5, 5.41) is 11.1. The lowest BCUT2D eigenvalue weighted by Gasteiger charge is -2.29. The van der Waals surface area contributed by atoms with Crippen LogP contribution in [-0.2, 0) is 14.3 Å². The summed E-state index contributed by atoms with van der Waals surface area (Å²) < 4.78 is 11.5. The van der Waals surface area contributed by atoms with Gasteiger partial charge in [0, 0.05) is 36.2 Å². The smallest absolute Gasteiger partial charge is 0.295 e. The maximum atomic E-state index is 13.1. The van der Waals surface area contributed by atoms with Gasteiger partial charge in [-0.1, -0.05) is 40.2 Å². The molecule has 2 heterocycles. The number of halogens is 1. The first-order chi connectivity index (χ1) is 16.0. The molecule has 1 N–H and O–H groups in total. The molecule has 2 aliphatic heterocycles. The summed E-state index contributed by atoms with van der Waals surface area (Å²) in [6.45, 7) is 4.38. The van der Waals surface area contributed by atoms with E-state index in [1.165, 1.54) is 0 Å². The number of ether oxygens (including phenoxy) is 2. The SMILES string of the molecule is COc1ccc([C@H]2C(=C(O)c3ccc(Br)cc3)C(=O)C(=O)N2CCCN2CCOCC2)cc1. The number of Topliss-reactive ketones (excluding diaryl/α,β-unsaturated/α-hetero) is 1. The minimum Gasteiger partial charge on any atom is -0.507 e. The zero-order valence-electron chi connectivity index (χ0n) is 18.5. The van der Waals surface area contributed by atoms with Crippen molar-refractivity contribution in [3.8, 4) is 5.75 Å². The average molecular weight is 515 g/mol. The average Bonchev–Trinajstić information content (AvgIpc) is 3.10. The van der Waals surface area contributed by atoms with Crippen LogP contribution in [0.4, 0.5) is 0 Å². The van der Waals surface area contributed by atoms with E-state index in [4.69, 9.17) is 9.47 Å². The van der Waals surface area contributed by atoms with E-state index in [0.29, 0.717) is 31.1 Å². The summed E-state index contributed by atoms with van der Waals surface area (Å²) in [6.07, 6.45) is 0.720. The van der Waals surface area contributed by atoms with Crippen molar-refractivity contribution in [2.24, 2.45) is 0 Å². The second kappa shape index (κ2) is 10.5. The van der Waals surface area contributed by atoms with Crippen LogP contribution in [0.3, 0.4) is 0 Å². The largest absolute Gasteiger partial charge is 0.507 e. The van der Waals surface area contributed by atoms with Crippen molar-refractivity contribution >= 4 is 33.4 Å². The Morgan fingerprint density at radius 2 is 1.73 bits per heavy atom. The molecular weight excluding hydrogens is 488 g/mol. The van der Waals surface area contributed by atoms with Gasteiger partial charge in [0.25, 0.3) is 11.7 Å². The van der Waals surface area contributed by atoms with Crippen LogP contribution in [0.25, 0.3) is 5.76 Å². The number of ketones is 1. The van der Waals surface area contributed by atoms with Gasteiger partial charge in [-0.05, 0) is 36.2 Å². The van der Waals surface area contributed by atoms with Crippen molar-refractivity contribution < 1.29 is 24.2 Å². The van der Waals surface area contributed by atoms with Gasteiger partial charge < -0.3 is 19.5 Å². The number of carbonyl (C=O) groups excluding carboxylic acids is 2. The Morgan fingerprint density at radius 3 is 2.36 bits per heavy atom. The van der Waals surface area contributed by atoms with Gasteiger partial charge in [0.05, 0.1) is 31.9 Å². The number of benzene rings is 2. The summed E-state index contributed by atoms with van der Waals surface area (Å²) in [5.41, 5.74) is 1.35. The molecule has 2 aliphatic rings. The van der Waals surface area contributed by atoms with E-state index in [-0.39, 0.29) is 11.3 Å². The van der Waals surface area contributed by atoms with E-state index in [9.17, 15) is 14.7 Å². The van der Waals surface area contributed by atoms with E-state index in [1.54, 1.807) is 48.4 Å². The number of hydrogen-bond donors (Lipinski definition) is 1. The summed E-state index contributed by atoms with van der Waals surface area (Å²) in [7, 11) is 1.58. The second-order valence-electron chi connectivity index (χ2n) is 8.08. The lowest BCUT2D eigenvalue weighted by Crippen LogP contribution is -2.38. The molecule has 2 aromatic carbocycles. The van der Waals surface area contributed by atoms with Crippen LogP contribution in [-0.4, -0.2) is 73.1 Å². The molecule has 2 fully saturated rings. The van der Waals surface area contributed by atoms with Crippen molar-refractivity contribution in [1.82, 2.24) is 9.80 Å². The molecule has 0 spiro atoms. The number of rotatable bonds is 7. The first-order valence-electron chi connectivity index (χ1n) is 11.0. The predicted octanol–water partition coefficient (Wildman–Crippen LogP) is 3.60. The third-order valence-corrected chi connectivity index (χ3v) is 6.59. The molecule has 1 amide bonds. The highest BCUT2D eigenvalue weighted by Crippen LogP contribution is 2.40. The topological polar surface area (TPSA) is 79.3 Å². The Labute approximate surface area is 201 Å². The molecule has 174 valence electrons. The van der Waals surface area contributed by atoms with E-state index in [0.717, 1.165) is 36.1 Å². The Hall–Kier alpha value is -2.68. The summed E-state index contributed by atoms with van der Waals surface area (Å²) in [5.74, 6) is -0.743. The van der Waals surface area contributed by atoms with Crippen molar-refractivity contribution in [2.75, 3.05) is 46.5 Å². The normalized spacial score (nSPS) is 20.9. The van der Waals surface area contributed by atoms with Crippen molar-refractivity contribution in [3.05, 3.63) is 69.7 Å².